The molecule has 9 heteroatoms. The van der Waals surface area contributed by atoms with Crippen LogP contribution in [0.2, 0.25) is 5.02 Å². The average molecular weight is 502 g/mol. The molecule has 1 aromatic heterocycles. The van der Waals surface area contributed by atoms with E-state index in [0.717, 1.165) is 16.3 Å². The Labute approximate surface area is 209 Å². The van der Waals surface area contributed by atoms with Gasteiger partial charge in [0.1, 0.15) is 5.52 Å². The summed E-state index contributed by atoms with van der Waals surface area (Å²) >= 11 is 11.7. The SMILES string of the molecule is O=C(NC(=S)Nc1ccc2oc(-c3cccc4c(Cl)cccc34)nc2c1)c1ccc2c(c1)OCO2. The van der Waals surface area contributed by atoms with E-state index in [1.807, 2.05) is 36.4 Å². The quantitative estimate of drug-likeness (QED) is 0.286. The van der Waals surface area contributed by atoms with E-state index < -0.39 is 0 Å². The van der Waals surface area contributed by atoms with Crippen LogP contribution in [0, 0.1) is 0 Å². The molecule has 0 bridgehead atoms. The number of oxazole rings is 1. The van der Waals surface area contributed by atoms with Gasteiger partial charge in [-0.2, -0.15) is 0 Å². The van der Waals surface area contributed by atoms with E-state index in [0.29, 0.717) is 44.8 Å². The number of fused-ring (bicyclic) bond motifs is 3. The average Bonchev–Trinajstić information content (AvgIpc) is 3.50. The van der Waals surface area contributed by atoms with Gasteiger partial charge in [-0.25, -0.2) is 4.98 Å². The van der Waals surface area contributed by atoms with Crippen LogP contribution in [0.4, 0.5) is 5.69 Å². The molecule has 0 atom stereocenters. The molecule has 2 heterocycles. The van der Waals surface area contributed by atoms with Crippen LogP contribution in [-0.4, -0.2) is 22.8 Å². The maximum absolute atomic E-state index is 12.6. The second-order valence-electron chi connectivity index (χ2n) is 7.82. The Bertz CT molecular complexity index is 1650. The molecule has 1 amide bonds. The highest BCUT2D eigenvalue weighted by atomic mass is 35.5. The Kier molecular flexibility index (Phi) is 5.24. The maximum atomic E-state index is 12.6. The monoisotopic (exact) mass is 501 g/mol. The number of benzene rings is 4. The van der Waals surface area contributed by atoms with E-state index >= 15 is 0 Å². The summed E-state index contributed by atoms with van der Waals surface area (Å²) in [7, 11) is 0. The van der Waals surface area contributed by atoms with Gasteiger partial charge in [-0.1, -0.05) is 35.9 Å². The molecule has 35 heavy (non-hydrogen) atoms. The number of anilines is 1. The first-order chi connectivity index (χ1) is 17.0. The van der Waals surface area contributed by atoms with Gasteiger partial charge in [0.25, 0.3) is 5.91 Å². The molecule has 5 aromatic rings. The number of nitrogens with one attached hydrogen (secondary N) is 2. The maximum Gasteiger partial charge on any atom is 0.257 e. The number of carbonyl (C=O) groups excluding carboxylic acids is 1. The van der Waals surface area contributed by atoms with Crippen molar-refractivity contribution in [3.63, 3.8) is 0 Å². The third-order valence-corrected chi connectivity index (χ3v) is 6.14. The Balaban J connectivity index is 1.22. The Morgan fingerprint density at radius 1 is 0.943 bits per heavy atom. The molecule has 7 nitrogen and oxygen atoms in total. The van der Waals surface area contributed by atoms with Crippen molar-refractivity contribution < 1.29 is 18.7 Å². The number of nitrogens with zero attached hydrogens (tertiary/aromatic N) is 1. The van der Waals surface area contributed by atoms with Gasteiger partial charge >= 0.3 is 0 Å². The molecule has 0 aliphatic carbocycles. The summed E-state index contributed by atoms with van der Waals surface area (Å²) < 4.78 is 16.6. The van der Waals surface area contributed by atoms with E-state index in [-0.39, 0.29) is 17.8 Å². The predicted octanol–water partition coefficient (Wildman–Crippen LogP) is 6.16. The lowest BCUT2D eigenvalue weighted by Gasteiger charge is -2.09. The van der Waals surface area contributed by atoms with Gasteiger partial charge in [-0.15, -0.1) is 0 Å². The van der Waals surface area contributed by atoms with Crippen molar-refractivity contribution in [3.05, 3.63) is 83.4 Å². The predicted molar refractivity (Wildman–Crippen MR) is 138 cm³/mol. The number of carbonyl (C=O) groups is 1. The van der Waals surface area contributed by atoms with Gasteiger partial charge in [0.05, 0.1) is 0 Å². The molecule has 172 valence electrons. The molecule has 4 aromatic carbocycles. The van der Waals surface area contributed by atoms with Crippen molar-refractivity contribution >= 4 is 62.4 Å². The first kappa shape index (κ1) is 21.4. The lowest BCUT2D eigenvalue weighted by Crippen LogP contribution is -2.34. The minimum atomic E-state index is -0.361. The van der Waals surface area contributed by atoms with Crippen molar-refractivity contribution in [1.82, 2.24) is 10.3 Å². The first-order valence-corrected chi connectivity index (χ1v) is 11.4. The zero-order valence-corrected chi connectivity index (χ0v) is 19.6. The fourth-order valence-electron chi connectivity index (χ4n) is 3.95. The molecule has 0 saturated heterocycles. The highest BCUT2D eigenvalue weighted by molar-refractivity contribution is 7.80. The van der Waals surface area contributed by atoms with Crippen molar-refractivity contribution in [3.8, 4) is 23.0 Å². The lowest BCUT2D eigenvalue weighted by molar-refractivity contribution is 0.0977. The largest absolute Gasteiger partial charge is 0.454 e. The van der Waals surface area contributed by atoms with Crippen LogP contribution in [0.5, 0.6) is 11.5 Å². The minimum absolute atomic E-state index is 0.140. The van der Waals surface area contributed by atoms with Crippen LogP contribution >= 0.6 is 23.8 Å². The number of amides is 1. The number of halogens is 1. The van der Waals surface area contributed by atoms with Crippen molar-refractivity contribution in [2.75, 3.05) is 12.1 Å². The molecule has 0 saturated carbocycles. The molecular weight excluding hydrogens is 486 g/mol. The fraction of sp³-hybridized carbons (Fsp3) is 0.0385. The molecule has 0 fully saturated rings. The van der Waals surface area contributed by atoms with E-state index in [9.17, 15) is 4.79 Å². The first-order valence-electron chi connectivity index (χ1n) is 10.7. The zero-order chi connectivity index (χ0) is 23.9. The molecule has 1 aliphatic heterocycles. The highest BCUT2D eigenvalue weighted by Gasteiger charge is 2.17. The summed E-state index contributed by atoms with van der Waals surface area (Å²) in [5.74, 6) is 1.26. The van der Waals surface area contributed by atoms with Gasteiger partial charge in [0.15, 0.2) is 22.2 Å². The van der Waals surface area contributed by atoms with Crippen LogP contribution in [-0.2, 0) is 0 Å². The summed E-state index contributed by atoms with van der Waals surface area (Å²) in [4.78, 5) is 17.2. The minimum Gasteiger partial charge on any atom is -0.454 e. The molecular formula is C26H16ClN3O4S. The molecule has 0 unspecified atom stereocenters. The van der Waals surface area contributed by atoms with Gasteiger partial charge in [0, 0.05) is 27.2 Å². The molecule has 0 radical (unpaired) electrons. The molecule has 1 aliphatic rings. The van der Waals surface area contributed by atoms with Crippen molar-refractivity contribution in [2.24, 2.45) is 0 Å². The Hall–Kier alpha value is -4.14. The van der Waals surface area contributed by atoms with Gasteiger partial charge < -0.3 is 19.2 Å². The summed E-state index contributed by atoms with van der Waals surface area (Å²) in [5.41, 5.74) is 3.19. The number of hydrogen-bond donors (Lipinski definition) is 2. The number of ether oxygens (including phenoxy) is 2. The van der Waals surface area contributed by atoms with Crippen LogP contribution < -0.4 is 20.1 Å². The summed E-state index contributed by atoms with van der Waals surface area (Å²) in [6, 6.07) is 21.9. The smallest absolute Gasteiger partial charge is 0.257 e. The van der Waals surface area contributed by atoms with E-state index in [4.69, 9.17) is 37.7 Å². The lowest BCUT2D eigenvalue weighted by atomic mass is 10.0. The second-order valence-corrected chi connectivity index (χ2v) is 8.63. The number of aromatic nitrogens is 1. The van der Waals surface area contributed by atoms with E-state index in [1.54, 1.807) is 36.4 Å². The van der Waals surface area contributed by atoms with Crippen LogP contribution in [0.25, 0.3) is 33.3 Å². The second kappa shape index (κ2) is 8.57. The number of thiocarbonyl (C=S) groups is 1. The Morgan fingerprint density at radius 3 is 2.69 bits per heavy atom. The fourth-order valence-corrected chi connectivity index (χ4v) is 4.40. The van der Waals surface area contributed by atoms with E-state index in [1.165, 1.54) is 0 Å². The van der Waals surface area contributed by atoms with Gasteiger partial charge in [-0.3, -0.25) is 10.1 Å². The number of rotatable bonds is 3. The van der Waals surface area contributed by atoms with Gasteiger partial charge in [-0.05, 0) is 66.1 Å². The molecule has 0 spiro atoms. The summed E-state index contributed by atoms with van der Waals surface area (Å²) in [5, 5.41) is 8.39. The van der Waals surface area contributed by atoms with Gasteiger partial charge in [0.2, 0.25) is 12.7 Å². The number of hydrogen-bond acceptors (Lipinski definition) is 6. The van der Waals surface area contributed by atoms with Crippen LogP contribution in [0.15, 0.2) is 77.2 Å². The third kappa shape index (κ3) is 4.03. The van der Waals surface area contributed by atoms with Crippen molar-refractivity contribution in [1.29, 1.82) is 0 Å². The topological polar surface area (TPSA) is 85.6 Å². The molecule has 2 N–H and O–H groups in total. The van der Waals surface area contributed by atoms with Crippen molar-refractivity contribution in [2.45, 2.75) is 0 Å². The summed E-state index contributed by atoms with van der Waals surface area (Å²) in [6.07, 6.45) is 0. The normalized spacial score (nSPS) is 12.1. The van der Waals surface area contributed by atoms with Crippen LogP contribution in [0.3, 0.4) is 0 Å². The zero-order valence-electron chi connectivity index (χ0n) is 18.0. The third-order valence-electron chi connectivity index (χ3n) is 5.61. The highest BCUT2D eigenvalue weighted by Crippen LogP contribution is 2.34. The standard InChI is InChI=1S/C26H16ClN3O4S/c27-19-6-2-3-16-17(19)4-1-5-18(16)25-29-20-12-15(8-10-21(20)34-25)28-26(35)30-24(31)14-7-9-22-23(11-14)33-13-32-22/h1-12H,13H2,(H2,28,30,31,35). The van der Waals surface area contributed by atoms with E-state index in [2.05, 4.69) is 15.6 Å². The molecule has 6 rings (SSSR count). The summed E-state index contributed by atoms with van der Waals surface area (Å²) in [6.45, 7) is 0.140. The van der Waals surface area contributed by atoms with Crippen LogP contribution in [0.1, 0.15) is 10.4 Å². The Morgan fingerprint density at radius 2 is 1.77 bits per heavy atom.